The maximum Gasteiger partial charge on any atom is 0.255 e. The molecule has 2 aromatic rings. The van der Waals surface area contributed by atoms with Gasteiger partial charge in [-0.15, -0.1) is 0 Å². The van der Waals surface area contributed by atoms with Crippen LogP contribution in [0.3, 0.4) is 0 Å². The number of hydrogen-bond acceptors (Lipinski definition) is 4. The molecule has 1 N–H and O–H groups in total. The van der Waals surface area contributed by atoms with Gasteiger partial charge in [0.1, 0.15) is 5.75 Å². The summed E-state index contributed by atoms with van der Waals surface area (Å²) in [6.45, 7) is 15.9. The van der Waals surface area contributed by atoms with Crippen LogP contribution in [-0.4, -0.2) is 44.2 Å². The molecule has 2 aromatic carbocycles. The SMILES string of the molecule is C/C=C(\CC)c1ccccc1NC(=O)c1ccc(CN2CCOCC2)c(OC)c1.C=C(C)/C=C\C=C/C. The van der Waals surface area contributed by atoms with Crippen molar-refractivity contribution >= 4 is 17.2 Å². The number of morpholine rings is 1. The maximum absolute atomic E-state index is 12.9. The van der Waals surface area contributed by atoms with Crippen LogP contribution in [0.15, 0.2) is 85.0 Å². The molecular formula is C32H42N2O3. The van der Waals surface area contributed by atoms with Crippen molar-refractivity contribution in [3.8, 4) is 5.75 Å². The van der Waals surface area contributed by atoms with Gasteiger partial charge in [-0.05, 0) is 51.0 Å². The summed E-state index contributed by atoms with van der Waals surface area (Å²) in [7, 11) is 1.65. The van der Waals surface area contributed by atoms with Crippen LogP contribution in [0.4, 0.5) is 5.69 Å². The van der Waals surface area contributed by atoms with E-state index in [-0.39, 0.29) is 5.91 Å². The van der Waals surface area contributed by atoms with Gasteiger partial charge in [-0.3, -0.25) is 9.69 Å². The fourth-order valence-electron chi connectivity index (χ4n) is 3.96. The van der Waals surface area contributed by atoms with Crippen molar-refractivity contribution < 1.29 is 14.3 Å². The summed E-state index contributed by atoms with van der Waals surface area (Å²) in [5.41, 5.74) is 5.84. The fourth-order valence-corrected chi connectivity index (χ4v) is 3.96. The number of nitrogens with one attached hydrogen (secondary N) is 1. The highest BCUT2D eigenvalue weighted by Crippen LogP contribution is 2.27. The number of para-hydroxylation sites is 1. The third kappa shape index (κ3) is 9.87. The largest absolute Gasteiger partial charge is 0.496 e. The number of ether oxygens (including phenoxy) is 2. The molecule has 0 spiro atoms. The number of amides is 1. The summed E-state index contributed by atoms with van der Waals surface area (Å²) in [6, 6.07) is 13.6. The van der Waals surface area contributed by atoms with Crippen LogP contribution in [-0.2, 0) is 11.3 Å². The van der Waals surface area contributed by atoms with Gasteiger partial charge in [0, 0.05) is 42.0 Å². The van der Waals surface area contributed by atoms with Gasteiger partial charge in [0.15, 0.2) is 0 Å². The molecule has 0 unspecified atom stereocenters. The molecule has 0 saturated carbocycles. The highest BCUT2D eigenvalue weighted by molar-refractivity contribution is 6.06. The standard InChI is InChI=1S/C24H30N2O3.C8H12/c1-4-18(5-2)21-8-6-7-9-22(21)25-24(27)19-10-11-20(23(16-19)28-3)17-26-12-14-29-15-13-26;1-4-5-6-7-8(2)3/h4,6-11,16H,5,12-15,17H2,1-3H3,(H,25,27);4-7H,2H2,1,3H3/b18-4+;5-4-,7-6-. The zero-order chi connectivity index (χ0) is 27.0. The molecule has 198 valence electrons. The lowest BCUT2D eigenvalue weighted by Gasteiger charge is -2.27. The number of rotatable bonds is 9. The highest BCUT2D eigenvalue weighted by Gasteiger charge is 2.16. The zero-order valence-electron chi connectivity index (χ0n) is 23.0. The van der Waals surface area contributed by atoms with E-state index in [0.29, 0.717) is 5.56 Å². The molecule has 0 radical (unpaired) electrons. The minimum atomic E-state index is -0.139. The van der Waals surface area contributed by atoms with Crippen molar-refractivity contribution in [2.75, 3.05) is 38.7 Å². The smallest absolute Gasteiger partial charge is 0.255 e. The molecule has 5 nitrogen and oxygen atoms in total. The maximum atomic E-state index is 12.9. The van der Waals surface area contributed by atoms with E-state index >= 15 is 0 Å². The third-order valence-electron chi connectivity index (χ3n) is 5.98. The molecule has 1 aliphatic heterocycles. The third-order valence-corrected chi connectivity index (χ3v) is 5.98. The van der Waals surface area contributed by atoms with Gasteiger partial charge < -0.3 is 14.8 Å². The van der Waals surface area contributed by atoms with E-state index in [2.05, 4.69) is 29.8 Å². The Kier molecular flexibility index (Phi) is 13.2. The average Bonchev–Trinajstić information content (AvgIpc) is 2.91. The first-order chi connectivity index (χ1) is 17.9. The van der Waals surface area contributed by atoms with Crippen molar-refractivity contribution in [1.82, 2.24) is 4.90 Å². The first kappa shape index (κ1) is 29.8. The Hall–Kier alpha value is -3.41. The summed E-state index contributed by atoms with van der Waals surface area (Å²) in [6.07, 6.45) is 10.9. The Morgan fingerprint density at radius 2 is 1.86 bits per heavy atom. The van der Waals surface area contributed by atoms with E-state index in [1.807, 2.05) is 87.5 Å². The van der Waals surface area contributed by atoms with Gasteiger partial charge >= 0.3 is 0 Å². The first-order valence-corrected chi connectivity index (χ1v) is 12.9. The second-order valence-electron chi connectivity index (χ2n) is 8.81. The molecule has 1 heterocycles. The summed E-state index contributed by atoms with van der Waals surface area (Å²) in [5, 5.41) is 3.07. The van der Waals surface area contributed by atoms with Crippen LogP contribution < -0.4 is 10.1 Å². The van der Waals surface area contributed by atoms with Gasteiger partial charge in [-0.2, -0.15) is 0 Å². The normalized spacial score (nSPS) is 14.4. The number of methoxy groups -OCH3 is 1. The quantitative estimate of drug-likeness (QED) is 0.366. The number of nitrogens with zero attached hydrogens (tertiary/aromatic N) is 1. The molecule has 37 heavy (non-hydrogen) atoms. The molecule has 0 atom stereocenters. The fraction of sp³-hybridized carbons (Fsp3) is 0.344. The van der Waals surface area contributed by atoms with E-state index in [1.165, 1.54) is 5.57 Å². The van der Waals surface area contributed by atoms with Crippen LogP contribution in [0, 0.1) is 0 Å². The van der Waals surface area contributed by atoms with E-state index in [1.54, 1.807) is 7.11 Å². The van der Waals surface area contributed by atoms with Crippen LogP contribution >= 0.6 is 0 Å². The molecule has 3 rings (SSSR count). The Balaban J connectivity index is 0.000000521. The van der Waals surface area contributed by atoms with Crippen LogP contribution in [0.5, 0.6) is 5.75 Å². The first-order valence-electron chi connectivity index (χ1n) is 12.9. The second kappa shape index (κ2) is 16.4. The molecule has 1 fully saturated rings. The number of carbonyl (C=O) groups excluding carboxylic acids is 1. The van der Waals surface area contributed by atoms with Crippen molar-refractivity contribution in [1.29, 1.82) is 0 Å². The average molecular weight is 503 g/mol. The Labute approximate surface area is 223 Å². The number of anilines is 1. The molecule has 0 aliphatic carbocycles. The lowest BCUT2D eigenvalue weighted by atomic mass is 10.0. The molecule has 5 heteroatoms. The Morgan fingerprint density at radius 3 is 2.49 bits per heavy atom. The Morgan fingerprint density at radius 1 is 1.14 bits per heavy atom. The van der Waals surface area contributed by atoms with Crippen LogP contribution in [0.25, 0.3) is 5.57 Å². The summed E-state index contributed by atoms with van der Waals surface area (Å²) >= 11 is 0. The minimum Gasteiger partial charge on any atom is -0.496 e. The number of carbonyl (C=O) groups is 1. The van der Waals surface area contributed by atoms with Crippen molar-refractivity contribution in [3.05, 3.63) is 102 Å². The molecule has 1 saturated heterocycles. The van der Waals surface area contributed by atoms with Crippen LogP contribution in [0.1, 0.15) is 55.6 Å². The highest BCUT2D eigenvalue weighted by atomic mass is 16.5. The van der Waals surface area contributed by atoms with E-state index < -0.39 is 0 Å². The minimum absolute atomic E-state index is 0.139. The van der Waals surface area contributed by atoms with Gasteiger partial charge in [-0.25, -0.2) is 0 Å². The number of benzene rings is 2. The molecule has 1 amide bonds. The van der Waals surface area contributed by atoms with E-state index in [9.17, 15) is 4.79 Å². The second-order valence-corrected chi connectivity index (χ2v) is 8.81. The predicted molar refractivity (Wildman–Crippen MR) is 156 cm³/mol. The Bertz CT molecular complexity index is 1110. The van der Waals surface area contributed by atoms with Gasteiger partial charge in [0.2, 0.25) is 0 Å². The van der Waals surface area contributed by atoms with E-state index in [0.717, 1.165) is 67.4 Å². The molecule has 0 aromatic heterocycles. The van der Waals surface area contributed by atoms with Gasteiger partial charge in [0.25, 0.3) is 5.91 Å². The van der Waals surface area contributed by atoms with Gasteiger partial charge in [-0.1, -0.05) is 73.7 Å². The van der Waals surface area contributed by atoms with Crippen LogP contribution in [0.2, 0.25) is 0 Å². The topological polar surface area (TPSA) is 50.8 Å². The number of allylic oxidation sites excluding steroid dienone is 7. The number of hydrogen-bond donors (Lipinski definition) is 1. The van der Waals surface area contributed by atoms with Gasteiger partial charge in [0.05, 0.1) is 20.3 Å². The zero-order valence-corrected chi connectivity index (χ0v) is 23.0. The lowest BCUT2D eigenvalue weighted by Crippen LogP contribution is -2.35. The predicted octanol–water partition coefficient (Wildman–Crippen LogP) is 7.29. The summed E-state index contributed by atoms with van der Waals surface area (Å²) in [4.78, 5) is 15.3. The molecule has 0 bridgehead atoms. The molecular weight excluding hydrogens is 460 g/mol. The van der Waals surface area contributed by atoms with E-state index in [4.69, 9.17) is 9.47 Å². The van der Waals surface area contributed by atoms with Crippen molar-refractivity contribution in [2.45, 2.75) is 40.7 Å². The molecule has 1 aliphatic rings. The lowest BCUT2D eigenvalue weighted by molar-refractivity contribution is 0.0339. The van der Waals surface area contributed by atoms with Crippen molar-refractivity contribution in [2.24, 2.45) is 0 Å². The van der Waals surface area contributed by atoms with Crippen molar-refractivity contribution in [3.63, 3.8) is 0 Å². The monoisotopic (exact) mass is 502 g/mol. The summed E-state index contributed by atoms with van der Waals surface area (Å²) in [5.74, 6) is 0.598. The summed E-state index contributed by atoms with van der Waals surface area (Å²) < 4.78 is 11.0.